The number of halogens is 3. The second-order valence-corrected chi connectivity index (χ2v) is 10.6. The number of sulfone groups is 1. The van der Waals surface area contributed by atoms with Gasteiger partial charge in [0.05, 0.1) is 28.5 Å². The molecule has 3 aromatic rings. The molecular formula is C23H28F3N5O3S. The first-order chi connectivity index (χ1) is 16.6. The third kappa shape index (κ3) is 6.17. The zero-order valence-corrected chi connectivity index (χ0v) is 20.3. The van der Waals surface area contributed by atoms with Crippen LogP contribution in [0.5, 0.6) is 0 Å². The number of aryl methyl sites for hydroxylation is 2. The molecule has 0 unspecified atom stereocenters. The standard InChI is InChI=1S/C23H28F3N5O3S/c1-14(16-7-3-8-17(19(16)24)20(25)26)30-21-18-12-15(6-4-10-35(33,34)11-5-9-27)23(32)31(2)22(18)29-13-28-21/h3,7-8,12-14,20H,4-6,9-11,27H2,1-2H3,(H,28,29,30)/t14-/m1/s1. The van der Waals surface area contributed by atoms with Gasteiger partial charge in [0.25, 0.3) is 12.0 Å². The average molecular weight is 512 g/mol. The molecule has 3 N–H and O–H groups in total. The molecule has 8 nitrogen and oxygen atoms in total. The number of benzene rings is 1. The van der Waals surface area contributed by atoms with E-state index >= 15 is 0 Å². The summed E-state index contributed by atoms with van der Waals surface area (Å²) in [6.07, 6.45) is -0.845. The molecule has 0 aliphatic heterocycles. The highest BCUT2D eigenvalue weighted by Gasteiger charge is 2.21. The quantitative estimate of drug-likeness (QED) is 0.405. The van der Waals surface area contributed by atoms with Crippen molar-refractivity contribution in [2.45, 2.75) is 38.7 Å². The summed E-state index contributed by atoms with van der Waals surface area (Å²) < 4.78 is 66.4. The number of aromatic nitrogens is 3. The molecule has 0 bridgehead atoms. The molecule has 35 heavy (non-hydrogen) atoms. The number of hydrogen-bond acceptors (Lipinski definition) is 7. The van der Waals surface area contributed by atoms with E-state index in [-0.39, 0.29) is 47.8 Å². The number of nitrogens with two attached hydrogens (primary N) is 1. The summed E-state index contributed by atoms with van der Waals surface area (Å²) in [4.78, 5) is 21.2. The summed E-state index contributed by atoms with van der Waals surface area (Å²) >= 11 is 0. The third-order valence-electron chi connectivity index (χ3n) is 5.75. The summed E-state index contributed by atoms with van der Waals surface area (Å²) in [5, 5.41) is 3.49. The van der Waals surface area contributed by atoms with Gasteiger partial charge in [0, 0.05) is 18.2 Å². The first kappa shape index (κ1) is 26.6. The molecule has 0 amide bonds. The first-order valence-corrected chi connectivity index (χ1v) is 12.9. The molecule has 0 saturated heterocycles. The Labute approximate surface area is 201 Å². The van der Waals surface area contributed by atoms with E-state index in [9.17, 15) is 26.4 Å². The number of pyridine rings is 1. The van der Waals surface area contributed by atoms with E-state index in [0.717, 1.165) is 6.07 Å². The molecule has 0 aliphatic carbocycles. The fourth-order valence-electron chi connectivity index (χ4n) is 3.87. The summed E-state index contributed by atoms with van der Waals surface area (Å²) in [5.74, 6) is -0.773. The summed E-state index contributed by atoms with van der Waals surface area (Å²) in [6, 6.07) is 4.67. The Hall–Kier alpha value is -2.99. The Kier molecular flexibility index (Phi) is 8.49. The van der Waals surface area contributed by atoms with Crippen molar-refractivity contribution in [1.82, 2.24) is 14.5 Å². The van der Waals surface area contributed by atoms with Crippen LogP contribution in [0.3, 0.4) is 0 Å². The van der Waals surface area contributed by atoms with Crippen LogP contribution in [0.25, 0.3) is 11.0 Å². The molecule has 0 fully saturated rings. The summed E-state index contributed by atoms with van der Waals surface area (Å²) in [5.41, 5.74) is 5.12. The lowest BCUT2D eigenvalue weighted by molar-refractivity contribution is 0.146. The summed E-state index contributed by atoms with van der Waals surface area (Å²) in [7, 11) is -1.72. The maximum Gasteiger partial charge on any atom is 0.266 e. The minimum absolute atomic E-state index is 0.00233. The van der Waals surface area contributed by atoms with Crippen molar-refractivity contribution in [1.29, 1.82) is 0 Å². The van der Waals surface area contributed by atoms with Gasteiger partial charge in [0.1, 0.15) is 33.4 Å². The highest BCUT2D eigenvalue weighted by molar-refractivity contribution is 7.91. The van der Waals surface area contributed by atoms with E-state index < -0.39 is 33.7 Å². The van der Waals surface area contributed by atoms with Gasteiger partial charge in [-0.05, 0) is 38.8 Å². The lowest BCUT2D eigenvalue weighted by Crippen LogP contribution is -2.23. The zero-order valence-electron chi connectivity index (χ0n) is 19.5. The second-order valence-electron chi connectivity index (χ2n) is 8.31. The second kappa shape index (κ2) is 11.2. The van der Waals surface area contributed by atoms with Crippen molar-refractivity contribution in [3.05, 3.63) is 63.5 Å². The van der Waals surface area contributed by atoms with Crippen molar-refractivity contribution in [2.24, 2.45) is 12.8 Å². The van der Waals surface area contributed by atoms with Crippen LogP contribution in [0.2, 0.25) is 0 Å². The minimum Gasteiger partial charge on any atom is -0.363 e. The van der Waals surface area contributed by atoms with Gasteiger partial charge in [-0.1, -0.05) is 18.2 Å². The maximum atomic E-state index is 14.6. The molecule has 3 rings (SSSR count). The molecule has 190 valence electrons. The molecule has 2 aromatic heterocycles. The van der Waals surface area contributed by atoms with E-state index in [2.05, 4.69) is 15.3 Å². The Bertz CT molecular complexity index is 1360. The highest BCUT2D eigenvalue weighted by Crippen LogP contribution is 2.30. The number of rotatable bonds is 11. The number of fused-ring (bicyclic) bond motifs is 1. The highest BCUT2D eigenvalue weighted by atomic mass is 32.2. The van der Waals surface area contributed by atoms with E-state index in [4.69, 9.17) is 5.73 Å². The molecule has 0 radical (unpaired) electrons. The van der Waals surface area contributed by atoms with Gasteiger partial charge in [0.15, 0.2) is 0 Å². The molecule has 1 aromatic carbocycles. The first-order valence-electron chi connectivity index (χ1n) is 11.1. The predicted molar refractivity (Wildman–Crippen MR) is 129 cm³/mol. The van der Waals surface area contributed by atoms with Gasteiger partial charge < -0.3 is 11.1 Å². The van der Waals surface area contributed by atoms with Gasteiger partial charge in [-0.3, -0.25) is 9.36 Å². The van der Waals surface area contributed by atoms with Gasteiger partial charge in [-0.25, -0.2) is 31.6 Å². The van der Waals surface area contributed by atoms with Crippen molar-refractivity contribution in [2.75, 3.05) is 23.4 Å². The van der Waals surface area contributed by atoms with E-state index in [1.165, 1.54) is 30.1 Å². The van der Waals surface area contributed by atoms with Crippen molar-refractivity contribution >= 4 is 26.7 Å². The Balaban J connectivity index is 1.90. The predicted octanol–water partition coefficient (Wildman–Crippen LogP) is 3.27. The van der Waals surface area contributed by atoms with Crippen LogP contribution in [-0.4, -0.2) is 41.0 Å². The minimum atomic E-state index is -3.26. The topological polar surface area (TPSA) is 120 Å². The molecule has 0 aliphatic rings. The SMILES string of the molecule is C[C@@H](Nc1ncnc2c1cc(CCCS(=O)(=O)CCCN)c(=O)n2C)c1cccc(C(F)F)c1F. The Morgan fingerprint density at radius 2 is 1.83 bits per heavy atom. The Morgan fingerprint density at radius 1 is 1.14 bits per heavy atom. The van der Waals surface area contributed by atoms with Crippen molar-refractivity contribution in [3.63, 3.8) is 0 Å². The normalized spacial score (nSPS) is 12.9. The number of nitrogens with one attached hydrogen (secondary N) is 1. The third-order valence-corrected chi connectivity index (χ3v) is 7.57. The molecule has 0 saturated carbocycles. The summed E-state index contributed by atoms with van der Waals surface area (Å²) in [6.45, 7) is 1.89. The van der Waals surface area contributed by atoms with Crippen LogP contribution >= 0.6 is 0 Å². The zero-order chi connectivity index (χ0) is 25.8. The van der Waals surface area contributed by atoms with Gasteiger partial charge in [-0.2, -0.15) is 0 Å². The van der Waals surface area contributed by atoms with Crippen LogP contribution in [0.15, 0.2) is 35.4 Å². The molecule has 12 heteroatoms. The average Bonchev–Trinajstić information content (AvgIpc) is 2.81. The fourth-order valence-corrected chi connectivity index (χ4v) is 5.26. The van der Waals surface area contributed by atoms with Crippen LogP contribution < -0.4 is 16.6 Å². The van der Waals surface area contributed by atoms with E-state index in [1.807, 2.05) is 0 Å². The molecule has 2 heterocycles. The van der Waals surface area contributed by atoms with Gasteiger partial charge >= 0.3 is 0 Å². The monoisotopic (exact) mass is 511 g/mol. The van der Waals surface area contributed by atoms with Crippen molar-refractivity contribution in [3.8, 4) is 0 Å². The van der Waals surface area contributed by atoms with E-state index in [0.29, 0.717) is 23.0 Å². The van der Waals surface area contributed by atoms with Crippen LogP contribution in [0.1, 0.15) is 48.9 Å². The van der Waals surface area contributed by atoms with Crippen LogP contribution in [-0.2, 0) is 23.3 Å². The maximum absolute atomic E-state index is 14.6. The lowest BCUT2D eigenvalue weighted by Gasteiger charge is -2.19. The molecule has 0 spiro atoms. The lowest BCUT2D eigenvalue weighted by atomic mass is 10.0. The van der Waals surface area contributed by atoms with Crippen LogP contribution in [0.4, 0.5) is 19.0 Å². The van der Waals surface area contributed by atoms with Gasteiger partial charge in [-0.15, -0.1) is 0 Å². The molecular weight excluding hydrogens is 483 g/mol. The van der Waals surface area contributed by atoms with Crippen molar-refractivity contribution < 1.29 is 21.6 Å². The number of anilines is 1. The number of hydrogen-bond donors (Lipinski definition) is 2. The van der Waals surface area contributed by atoms with Gasteiger partial charge in [0.2, 0.25) is 0 Å². The molecule has 1 atom stereocenters. The van der Waals surface area contributed by atoms with E-state index in [1.54, 1.807) is 13.0 Å². The number of alkyl halides is 2. The largest absolute Gasteiger partial charge is 0.363 e. The number of nitrogens with zero attached hydrogens (tertiary/aromatic N) is 3. The van der Waals surface area contributed by atoms with Crippen LogP contribution in [0, 0.1) is 5.82 Å². The smallest absolute Gasteiger partial charge is 0.266 e. The Morgan fingerprint density at radius 3 is 2.51 bits per heavy atom. The fraction of sp³-hybridized carbons (Fsp3) is 0.435.